The first kappa shape index (κ1) is 11.8. The van der Waals surface area contributed by atoms with Crippen LogP contribution in [0.1, 0.15) is 27.2 Å². The smallest absolute Gasteiger partial charge is 0.257 e. The molecule has 0 spiro atoms. The lowest BCUT2D eigenvalue weighted by Gasteiger charge is -2.14. The first-order valence-corrected chi connectivity index (χ1v) is 6.21. The van der Waals surface area contributed by atoms with Crippen molar-refractivity contribution in [1.29, 1.82) is 0 Å². The fourth-order valence-electron chi connectivity index (χ4n) is 2.44. The molecule has 19 heavy (non-hydrogen) atoms. The van der Waals surface area contributed by atoms with Crippen LogP contribution in [-0.2, 0) is 20.1 Å². The van der Waals surface area contributed by atoms with Crippen molar-refractivity contribution in [2.45, 2.75) is 20.0 Å². The molecule has 1 aromatic carbocycles. The van der Waals surface area contributed by atoms with Crippen LogP contribution in [0.25, 0.3) is 0 Å². The van der Waals surface area contributed by atoms with E-state index in [0.717, 1.165) is 16.9 Å². The predicted molar refractivity (Wildman–Crippen MR) is 72.4 cm³/mol. The van der Waals surface area contributed by atoms with Gasteiger partial charge in [-0.3, -0.25) is 9.48 Å². The second-order valence-corrected chi connectivity index (χ2v) is 4.96. The summed E-state index contributed by atoms with van der Waals surface area (Å²) in [6, 6.07) is 5.81. The predicted octanol–water partition coefficient (Wildman–Crippen LogP) is 1.47. The molecule has 5 nitrogen and oxygen atoms in total. The molecule has 1 aromatic heterocycles. The lowest BCUT2D eigenvalue weighted by atomic mass is 10.1. The normalized spacial score (nSPS) is 13.7. The van der Waals surface area contributed by atoms with Gasteiger partial charge in [0.25, 0.3) is 5.91 Å². The Balaban J connectivity index is 1.87. The van der Waals surface area contributed by atoms with Crippen LogP contribution in [0, 0.1) is 6.92 Å². The third-order valence-corrected chi connectivity index (χ3v) is 3.71. The molecule has 2 heterocycles. The molecule has 0 saturated heterocycles. The van der Waals surface area contributed by atoms with Gasteiger partial charge >= 0.3 is 0 Å². The Morgan fingerprint density at radius 1 is 1.32 bits per heavy atom. The van der Waals surface area contributed by atoms with Gasteiger partial charge in [-0.15, -0.1) is 0 Å². The highest BCUT2D eigenvalue weighted by Crippen LogP contribution is 2.26. The van der Waals surface area contributed by atoms with Crippen LogP contribution < -0.4 is 5.73 Å². The van der Waals surface area contributed by atoms with Crippen molar-refractivity contribution in [2.24, 2.45) is 7.05 Å². The van der Waals surface area contributed by atoms with E-state index in [0.29, 0.717) is 18.7 Å². The molecule has 1 amide bonds. The molecule has 0 aliphatic carbocycles. The lowest BCUT2D eigenvalue weighted by Crippen LogP contribution is -2.25. The summed E-state index contributed by atoms with van der Waals surface area (Å²) in [4.78, 5) is 14.3. The summed E-state index contributed by atoms with van der Waals surface area (Å²) in [5.41, 5.74) is 10.4. The van der Waals surface area contributed by atoms with Gasteiger partial charge in [-0.25, -0.2) is 0 Å². The summed E-state index contributed by atoms with van der Waals surface area (Å²) in [6.45, 7) is 3.16. The largest absolute Gasteiger partial charge is 0.399 e. The van der Waals surface area contributed by atoms with Crippen LogP contribution in [0.15, 0.2) is 24.4 Å². The van der Waals surface area contributed by atoms with Crippen LogP contribution in [0.5, 0.6) is 0 Å². The fourth-order valence-corrected chi connectivity index (χ4v) is 2.44. The standard InChI is InChI=1S/C14H16N4O/c1-9-13(6-16-17(9)2)14(19)18-7-10-3-4-12(15)5-11(10)8-18/h3-6H,7-8,15H2,1-2H3. The number of amides is 1. The molecule has 3 rings (SSSR count). The number of aromatic nitrogens is 2. The van der Waals surface area contributed by atoms with Crippen molar-refractivity contribution in [3.05, 3.63) is 46.8 Å². The number of aryl methyl sites for hydroxylation is 1. The second-order valence-electron chi connectivity index (χ2n) is 4.96. The Morgan fingerprint density at radius 2 is 2.05 bits per heavy atom. The monoisotopic (exact) mass is 256 g/mol. The van der Waals surface area contributed by atoms with Crippen molar-refractivity contribution < 1.29 is 4.79 Å². The third-order valence-electron chi connectivity index (χ3n) is 3.71. The van der Waals surface area contributed by atoms with E-state index < -0.39 is 0 Å². The Bertz CT molecular complexity index is 659. The Labute approximate surface area is 111 Å². The molecule has 1 aliphatic heterocycles. The number of hydrogen-bond acceptors (Lipinski definition) is 3. The maximum absolute atomic E-state index is 12.5. The zero-order valence-corrected chi connectivity index (χ0v) is 11.1. The lowest BCUT2D eigenvalue weighted by molar-refractivity contribution is 0.0750. The summed E-state index contributed by atoms with van der Waals surface area (Å²) in [6.07, 6.45) is 1.63. The van der Waals surface area contributed by atoms with Crippen LogP contribution >= 0.6 is 0 Å². The van der Waals surface area contributed by atoms with Crippen molar-refractivity contribution in [3.63, 3.8) is 0 Å². The number of nitrogen functional groups attached to an aromatic ring is 1. The second kappa shape index (κ2) is 4.12. The van der Waals surface area contributed by atoms with Crippen molar-refractivity contribution in [3.8, 4) is 0 Å². The Morgan fingerprint density at radius 3 is 2.74 bits per heavy atom. The SMILES string of the molecule is Cc1c(C(=O)N2Cc3ccc(N)cc3C2)cnn1C. The van der Waals surface area contributed by atoms with E-state index in [1.165, 1.54) is 5.56 Å². The average molecular weight is 256 g/mol. The van der Waals surface area contributed by atoms with Gasteiger partial charge in [-0.05, 0) is 30.2 Å². The first-order valence-electron chi connectivity index (χ1n) is 6.21. The third kappa shape index (κ3) is 1.87. The molecule has 0 radical (unpaired) electrons. The van der Waals surface area contributed by atoms with Gasteiger partial charge in [0.1, 0.15) is 0 Å². The van der Waals surface area contributed by atoms with Crippen LogP contribution in [0.3, 0.4) is 0 Å². The van der Waals surface area contributed by atoms with Crippen LogP contribution in [0.2, 0.25) is 0 Å². The summed E-state index contributed by atoms with van der Waals surface area (Å²) in [7, 11) is 1.84. The average Bonchev–Trinajstić information content (AvgIpc) is 2.93. The molecule has 1 aliphatic rings. The maximum Gasteiger partial charge on any atom is 0.257 e. The highest BCUT2D eigenvalue weighted by molar-refractivity contribution is 5.95. The zero-order valence-electron chi connectivity index (χ0n) is 11.1. The van der Waals surface area contributed by atoms with E-state index in [2.05, 4.69) is 5.10 Å². The number of hydrogen-bond donors (Lipinski definition) is 1. The van der Waals surface area contributed by atoms with Gasteiger partial charge in [0.2, 0.25) is 0 Å². The van der Waals surface area contributed by atoms with E-state index in [9.17, 15) is 4.79 Å². The van der Waals surface area contributed by atoms with E-state index in [1.54, 1.807) is 10.9 Å². The summed E-state index contributed by atoms with van der Waals surface area (Å²) in [5, 5.41) is 4.12. The zero-order chi connectivity index (χ0) is 13.6. The molecule has 2 N–H and O–H groups in total. The van der Waals surface area contributed by atoms with Gasteiger partial charge in [0.15, 0.2) is 0 Å². The van der Waals surface area contributed by atoms with Gasteiger partial charge in [-0.1, -0.05) is 6.07 Å². The van der Waals surface area contributed by atoms with Gasteiger partial charge in [0, 0.05) is 31.5 Å². The Kier molecular flexibility index (Phi) is 2.55. The molecule has 0 atom stereocenters. The van der Waals surface area contributed by atoms with Crippen molar-refractivity contribution in [1.82, 2.24) is 14.7 Å². The summed E-state index contributed by atoms with van der Waals surface area (Å²) in [5.74, 6) is 0.0281. The van der Waals surface area contributed by atoms with E-state index in [1.807, 2.05) is 37.1 Å². The maximum atomic E-state index is 12.5. The minimum atomic E-state index is 0.0281. The van der Waals surface area contributed by atoms with Crippen LogP contribution in [-0.4, -0.2) is 20.6 Å². The fraction of sp³-hybridized carbons (Fsp3) is 0.286. The molecule has 2 aromatic rings. The molecule has 0 bridgehead atoms. The number of carbonyl (C=O) groups is 1. The number of carbonyl (C=O) groups excluding carboxylic acids is 1. The van der Waals surface area contributed by atoms with Crippen molar-refractivity contribution >= 4 is 11.6 Å². The highest BCUT2D eigenvalue weighted by Gasteiger charge is 2.26. The molecule has 5 heteroatoms. The molecule has 0 fully saturated rings. The molecular formula is C14H16N4O. The number of rotatable bonds is 1. The Hall–Kier alpha value is -2.30. The first-order chi connectivity index (χ1) is 9.06. The molecule has 0 unspecified atom stereocenters. The molecular weight excluding hydrogens is 240 g/mol. The minimum Gasteiger partial charge on any atom is -0.399 e. The van der Waals surface area contributed by atoms with Gasteiger partial charge < -0.3 is 10.6 Å². The number of anilines is 1. The number of fused-ring (bicyclic) bond motifs is 1. The molecule has 98 valence electrons. The van der Waals surface area contributed by atoms with E-state index >= 15 is 0 Å². The van der Waals surface area contributed by atoms with Crippen molar-refractivity contribution in [2.75, 3.05) is 5.73 Å². The number of nitrogens with two attached hydrogens (primary N) is 1. The number of nitrogens with zero attached hydrogens (tertiary/aromatic N) is 3. The summed E-state index contributed by atoms with van der Waals surface area (Å²) < 4.78 is 1.72. The topological polar surface area (TPSA) is 64.2 Å². The van der Waals surface area contributed by atoms with E-state index in [4.69, 9.17) is 5.73 Å². The van der Waals surface area contributed by atoms with Gasteiger partial charge in [-0.2, -0.15) is 5.10 Å². The quantitative estimate of drug-likeness (QED) is 0.786. The highest BCUT2D eigenvalue weighted by atomic mass is 16.2. The minimum absolute atomic E-state index is 0.0281. The molecule has 0 saturated carbocycles. The summed E-state index contributed by atoms with van der Waals surface area (Å²) >= 11 is 0. The van der Waals surface area contributed by atoms with Gasteiger partial charge in [0.05, 0.1) is 11.8 Å². The van der Waals surface area contributed by atoms with E-state index in [-0.39, 0.29) is 5.91 Å². The number of benzene rings is 1. The van der Waals surface area contributed by atoms with Crippen LogP contribution in [0.4, 0.5) is 5.69 Å².